The van der Waals surface area contributed by atoms with Gasteiger partial charge in [0, 0.05) is 31.0 Å². The predicted molar refractivity (Wildman–Crippen MR) is 137 cm³/mol. The van der Waals surface area contributed by atoms with Crippen molar-refractivity contribution < 1.29 is 19.0 Å². The number of unbranched alkanes of at least 4 members (excludes halogenated alkanes) is 1. The highest BCUT2D eigenvalue weighted by Crippen LogP contribution is 2.36. The molecular weight excluding hydrogens is 426 g/mol. The van der Waals surface area contributed by atoms with Gasteiger partial charge in [0.05, 0.1) is 13.7 Å². The van der Waals surface area contributed by atoms with Gasteiger partial charge in [0.15, 0.2) is 0 Å². The molecule has 0 unspecified atom stereocenters. The predicted octanol–water partition coefficient (Wildman–Crippen LogP) is 6.12. The van der Waals surface area contributed by atoms with Gasteiger partial charge in [0.2, 0.25) is 0 Å². The molecule has 0 atom stereocenters. The molecule has 2 aromatic carbocycles. The van der Waals surface area contributed by atoms with Crippen molar-refractivity contribution in [3.63, 3.8) is 0 Å². The van der Waals surface area contributed by atoms with Gasteiger partial charge in [-0.15, -0.1) is 0 Å². The van der Waals surface area contributed by atoms with Crippen molar-refractivity contribution in [2.75, 3.05) is 44.9 Å². The van der Waals surface area contributed by atoms with Crippen molar-refractivity contribution in [2.24, 2.45) is 5.92 Å². The lowest BCUT2D eigenvalue weighted by Gasteiger charge is -2.34. The Morgan fingerprint density at radius 2 is 1.82 bits per heavy atom. The second kappa shape index (κ2) is 12.1. The summed E-state index contributed by atoms with van der Waals surface area (Å²) in [4.78, 5) is 14.8. The summed E-state index contributed by atoms with van der Waals surface area (Å²) in [6.07, 6.45) is 8.90. The van der Waals surface area contributed by atoms with Crippen molar-refractivity contribution in [2.45, 2.75) is 45.4 Å². The van der Waals surface area contributed by atoms with Crippen molar-refractivity contribution in [1.29, 1.82) is 0 Å². The summed E-state index contributed by atoms with van der Waals surface area (Å²) < 4.78 is 16.4. The van der Waals surface area contributed by atoms with Crippen LogP contribution < -0.4 is 9.64 Å². The maximum atomic E-state index is 12.3. The number of hydrogen-bond acceptors (Lipinski definition) is 5. The summed E-state index contributed by atoms with van der Waals surface area (Å²) in [6, 6.07) is 14.8. The number of methoxy groups -OCH3 is 1. The summed E-state index contributed by atoms with van der Waals surface area (Å²) in [6.45, 7) is 6.02. The number of anilines is 1. The molecule has 0 N–H and O–H groups in total. The van der Waals surface area contributed by atoms with Crippen LogP contribution in [0, 0.1) is 5.92 Å². The van der Waals surface area contributed by atoms with Gasteiger partial charge >= 0.3 is 5.97 Å². The molecule has 1 fully saturated rings. The van der Waals surface area contributed by atoms with E-state index in [1.165, 1.54) is 32.1 Å². The fraction of sp³-hybridized carbons (Fsp3) is 0.483. The first-order valence-electron chi connectivity index (χ1n) is 12.7. The molecule has 182 valence electrons. The van der Waals surface area contributed by atoms with E-state index in [2.05, 4.69) is 42.2 Å². The van der Waals surface area contributed by atoms with Gasteiger partial charge in [0.25, 0.3) is 0 Å². The van der Waals surface area contributed by atoms with Gasteiger partial charge < -0.3 is 19.1 Å². The summed E-state index contributed by atoms with van der Waals surface area (Å²) in [5.74, 6) is 1.37. The van der Waals surface area contributed by atoms with E-state index in [0.717, 1.165) is 66.5 Å². The molecule has 0 spiro atoms. The first-order valence-corrected chi connectivity index (χ1v) is 12.7. The molecule has 0 amide bonds. The highest BCUT2D eigenvalue weighted by molar-refractivity contribution is 5.96. The van der Waals surface area contributed by atoms with Crippen molar-refractivity contribution in [1.82, 2.24) is 0 Å². The second-order valence-electron chi connectivity index (χ2n) is 9.27. The number of esters is 1. The van der Waals surface area contributed by atoms with Crippen molar-refractivity contribution >= 4 is 17.7 Å². The first kappa shape index (κ1) is 24.3. The van der Waals surface area contributed by atoms with E-state index in [1.54, 1.807) is 0 Å². The molecule has 0 bridgehead atoms. The second-order valence-corrected chi connectivity index (χ2v) is 9.27. The van der Waals surface area contributed by atoms with Crippen LogP contribution in [0.25, 0.3) is 17.2 Å². The van der Waals surface area contributed by atoms with Gasteiger partial charge in [-0.25, -0.2) is 4.79 Å². The minimum atomic E-state index is -0.234. The van der Waals surface area contributed by atoms with Crippen LogP contribution in [0.1, 0.15) is 51.0 Å². The lowest BCUT2D eigenvalue weighted by molar-refractivity contribution is -0.136. The molecule has 1 aliphatic heterocycles. The normalized spacial score (nSPS) is 15.7. The maximum absolute atomic E-state index is 12.3. The largest absolute Gasteiger partial charge is 0.491 e. The Bertz CT molecular complexity index is 978. The number of hydrogen-bond donors (Lipinski definition) is 0. The Morgan fingerprint density at radius 1 is 1.03 bits per heavy atom. The smallest absolute Gasteiger partial charge is 0.333 e. The Labute approximate surface area is 203 Å². The summed E-state index contributed by atoms with van der Waals surface area (Å²) in [5.41, 5.74) is 5.27. The van der Waals surface area contributed by atoms with E-state index >= 15 is 0 Å². The lowest BCUT2D eigenvalue weighted by Crippen LogP contribution is -2.33. The van der Waals surface area contributed by atoms with Gasteiger partial charge in [-0.05, 0) is 78.6 Å². The van der Waals surface area contributed by atoms with Crippen LogP contribution in [0.15, 0.2) is 48.0 Å². The number of rotatable bonds is 11. The summed E-state index contributed by atoms with van der Waals surface area (Å²) >= 11 is 0. The summed E-state index contributed by atoms with van der Waals surface area (Å²) in [7, 11) is 1.46. The minimum Gasteiger partial charge on any atom is -0.491 e. The van der Waals surface area contributed by atoms with Crippen LogP contribution in [0.4, 0.5) is 5.69 Å². The van der Waals surface area contributed by atoms with Crippen LogP contribution in [-0.2, 0) is 14.3 Å². The zero-order chi connectivity index (χ0) is 23.8. The third-order valence-electron chi connectivity index (χ3n) is 6.83. The number of ether oxygens (including phenoxy) is 3. The zero-order valence-electron chi connectivity index (χ0n) is 20.6. The minimum absolute atomic E-state index is 0.234. The van der Waals surface area contributed by atoms with E-state index in [-0.39, 0.29) is 5.97 Å². The average Bonchev–Trinajstić information content (AvgIpc) is 3.02. The van der Waals surface area contributed by atoms with Gasteiger partial charge in [0.1, 0.15) is 12.4 Å². The standard InChI is InChI=1S/C29H37NO4/c1-3-4-16-33-17-18-34-27-11-8-23(9-12-27)24-10-13-28-26(19-24)20-25(29(31)32-2)14-15-30(28)21-22-6-5-7-22/h8-13,19-20,22H,3-7,14-18,21H2,1-2H3. The Hall–Kier alpha value is -2.79. The molecule has 4 rings (SSSR count). The molecule has 0 saturated heterocycles. The van der Waals surface area contributed by atoms with Crippen LogP contribution in [-0.4, -0.2) is 46.0 Å². The third-order valence-corrected chi connectivity index (χ3v) is 6.83. The van der Waals surface area contributed by atoms with E-state index in [0.29, 0.717) is 19.6 Å². The number of nitrogens with zero attached hydrogens (tertiary/aromatic N) is 1. The van der Waals surface area contributed by atoms with Crippen molar-refractivity contribution in [3.8, 4) is 16.9 Å². The highest BCUT2D eigenvalue weighted by Gasteiger charge is 2.25. The monoisotopic (exact) mass is 463 g/mol. The number of carbonyl (C=O) groups is 1. The molecule has 5 nitrogen and oxygen atoms in total. The molecule has 1 saturated carbocycles. The fourth-order valence-corrected chi connectivity index (χ4v) is 4.55. The average molecular weight is 464 g/mol. The van der Waals surface area contributed by atoms with E-state index in [1.807, 2.05) is 18.2 Å². The topological polar surface area (TPSA) is 48.0 Å². The molecule has 5 heteroatoms. The SMILES string of the molecule is CCCCOCCOc1ccc(-c2ccc3c(c2)C=C(C(=O)OC)CCN3CC2CCC2)cc1. The van der Waals surface area contributed by atoms with Crippen molar-refractivity contribution in [3.05, 3.63) is 53.6 Å². The van der Waals surface area contributed by atoms with Gasteiger partial charge in [-0.3, -0.25) is 0 Å². The number of carbonyl (C=O) groups excluding carboxylic acids is 1. The molecule has 34 heavy (non-hydrogen) atoms. The van der Waals surface area contributed by atoms with E-state index < -0.39 is 0 Å². The van der Waals surface area contributed by atoms with Crippen LogP contribution in [0.2, 0.25) is 0 Å². The molecule has 1 heterocycles. The molecule has 0 radical (unpaired) electrons. The number of benzene rings is 2. The molecule has 2 aromatic rings. The first-order chi connectivity index (χ1) is 16.7. The van der Waals surface area contributed by atoms with Crippen LogP contribution >= 0.6 is 0 Å². The molecule has 2 aliphatic rings. The molecule has 0 aromatic heterocycles. The lowest BCUT2D eigenvalue weighted by atomic mass is 9.85. The number of fused-ring (bicyclic) bond motifs is 1. The quantitative estimate of drug-likeness (QED) is 0.297. The molecule has 1 aliphatic carbocycles. The molecular formula is C29H37NO4. The summed E-state index contributed by atoms with van der Waals surface area (Å²) in [5, 5.41) is 0. The third kappa shape index (κ3) is 6.20. The van der Waals surface area contributed by atoms with E-state index in [4.69, 9.17) is 14.2 Å². The Balaban J connectivity index is 1.48. The fourth-order valence-electron chi connectivity index (χ4n) is 4.55. The van der Waals surface area contributed by atoms with E-state index in [9.17, 15) is 4.79 Å². The Morgan fingerprint density at radius 3 is 2.53 bits per heavy atom. The zero-order valence-corrected chi connectivity index (χ0v) is 20.6. The van der Waals surface area contributed by atoms with Gasteiger partial charge in [-0.2, -0.15) is 0 Å². The highest BCUT2D eigenvalue weighted by atomic mass is 16.5. The maximum Gasteiger partial charge on any atom is 0.333 e. The Kier molecular flexibility index (Phi) is 8.64. The van der Waals surface area contributed by atoms with Crippen LogP contribution in [0.5, 0.6) is 5.75 Å². The van der Waals surface area contributed by atoms with Crippen LogP contribution in [0.3, 0.4) is 0 Å². The van der Waals surface area contributed by atoms with Gasteiger partial charge in [-0.1, -0.05) is 38.0 Å².